The molecule has 0 unspecified atom stereocenters. The van der Waals surface area contributed by atoms with Gasteiger partial charge in [-0.05, 0) is 77.0 Å². The summed E-state index contributed by atoms with van der Waals surface area (Å²) in [5.41, 5.74) is 4.18. The van der Waals surface area contributed by atoms with Gasteiger partial charge >= 0.3 is 5.91 Å². The van der Waals surface area contributed by atoms with Crippen molar-refractivity contribution in [3.8, 4) is 11.5 Å². The molecule has 3 aromatic rings. The number of nitrogens with one attached hydrogen (secondary N) is 1. The van der Waals surface area contributed by atoms with E-state index in [0.717, 1.165) is 14.7 Å². The molecule has 0 fully saturated rings. The van der Waals surface area contributed by atoms with Gasteiger partial charge in [0.1, 0.15) is 12.4 Å². The molecule has 0 aliphatic heterocycles. The van der Waals surface area contributed by atoms with Crippen LogP contribution in [0, 0.1) is 10.5 Å². The monoisotopic (exact) mass is 524 g/mol. The number of carbonyl (C=O) groups is 1. The number of hydrazone groups is 1. The van der Waals surface area contributed by atoms with E-state index in [2.05, 4.69) is 33.1 Å². The highest BCUT2D eigenvalue weighted by Gasteiger charge is 2.12. The fourth-order valence-corrected chi connectivity index (χ4v) is 3.37. The molecule has 1 N–H and O–H groups in total. The van der Waals surface area contributed by atoms with Crippen LogP contribution in [-0.4, -0.2) is 19.2 Å². The number of nitrogens with zero attached hydrogens (tertiary/aromatic N) is 1. The molecule has 0 spiro atoms. The van der Waals surface area contributed by atoms with Gasteiger partial charge in [0.05, 0.1) is 16.9 Å². The maximum atomic E-state index is 12.0. The average molecular weight is 525 g/mol. The van der Waals surface area contributed by atoms with E-state index >= 15 is 0 Å². The number of benzene rings is 2. The molecule has 0 atom stereocenters. The SMILES string of the molecule is COc1cc(/C=N\NC(=O)c2ccc(C)o2)cc(I)c1OCc1ccc(Cl)cc1. The highest BCUT2D eigenvalue weighted by Crippen LogP contribution is 2.34. The largest absolute Gasteiger partial charge is 0.493 e. The Labute approximate surface area is 187 Å². The number of methoxy groups -OCH3 is 1. The molecule has 2 aromatic carbocycles. The predicted molar refractivity (Wildman–Crippen MR) is 120 cm³/mol. The van der Waals surface area contributed by atoms with E-state index in [4.69, 9.17) is 25.5 Å². The minimum absolute atomic E-state index is 0.206. The standard InChI is InChI=1S/C21H18ClIN2O4/c1-13-3-8-18(29-13)21(26)25-24-11-15-9-17(23)20(19(10-15)27-2)28-12-14-4-6-16(22)7-5-14/h3-11H,12H2,1-2H3,(H,25,26)/b24-11-. The second kappa shape index (κ2) is 9.80. The van der Waals surface area contributed by atoms with E-state index in [1.807, 2.05) is 30.3 Å². The second-order valence-electron chi connectivity index (χ2n) is 6.06. The van der Waals surface area contributed by atoms with Gasteiger partial charge in [-0.3, -0.25) is 4.79 Å². The van der Waals surface area contributed by atoms with Crippen LogP contribution in [0.15, 0.2) is 58.0 Å². The van der Waals surface area contributed by atoms with Crippen molar-refractivity contribution in [2.24, 2.45) is 5.10 Å². The van der Waals surface area contributed by atoms with Gasteiger partial charge in [-0.2, -0.15) is 5.10 Å². The van der Waals surface area contributed by atoms with E-state index in [-0.39, 0.29) is 5.76 Å². The summed E-state index contributed by atoms with van der Waals surface area (Å²) in [7, 11) is 1.57. The molecule has 0 radical (unpaired) electrons. The van der Waals surface area contributed by atoms with Crippen LogP contribution in [0.1, 0.15) is 27.4 Å². The molecular weight excluding hydrogens is 507 g/mol. The molecule has 0 aliphatic rings. The van der Waals surface area contributed by atoms with Crippen molar-refractivity contribution in [1.82, 2.24) is 5.43 Å². The molecule has 1 heterocycles. The summed E-state index contributed by atoms with van der Waals surface area (Å²) < 4.78 is 17.5. The Bertz CT molecular complexity index is 1030. The van der Waals surface area contributed by atoms with Crippen molar-refractivity contribution in [1.29, 1.82) is 0 Å². The first-order valence-corrected chi connectivity index (χ1v) is 10.1. The van der Waals surface area contributed by atoms with E-state index < -0.39 is 5.91 Å². The van der Waals surface area contributed by atoms with Gasteiger partial charge in [0.25, 0.3) is 0 Å². The number of amides is 1. The zero-order valence-electron chi connectivity index (χ0n) is 15.7. The molecule has 1 aromatic heterocycles. The van der Waals surface area contributed by atoms with Gasteiger partial charge in [0, 0.05) is 5.02 Å². The van der Waals surface area contributed by atoms with Crippen molar-refractivity contribution in [2.75, 3.05) is 7.11 Å². The molecule has 0 bridgehead atoms. The highest BCUT2D eigenvalue weighted by molar-refractivity contribution is 14.1. The molecule has 3 rings (SSSR count). The summed E-state index contributed by atoms with van der Waals surface area (Å²) in [6, 6.07) is 14.4. The fourth-order valence-electron chi connectivity index (χ4n) is 2.47. The topological polar surface area (TPSA) is 73.1 Å². The van der Waals surface area contributed by atoms with Crippen molar-refractivity contribution in [2.45, 2.75) is 13.5 Å². The van der Waals surface area contributed by atoms with Crippen LogP contribution in [0.25, 0.3) is 0 Å². The van der Waals surface area contributed by atoms with Gasteiger partial charge in [-0.15, -0.1) is 0 Å². The summed E-state index contributed by atoms with van der Waals surface area (Å²) in [5, 5.41) is 4.66. The molecule has 6 nitrogen and oxygen atoms in total. The van der Waals surface area contributed by atoms with Gasteiger partial charge in [0.2, 0.25) is 0 Å². The lowest BCUT2D eigenvalue weighted by Gasteiger charge is -2.13. The highest BCUT2D eigenvalue weighted by atomic mass is 127. The molecule has 150 valence electrons. The lowest BCUT2D eigenvalue weighted by atomic mass is 10.2. The summed E-state index contributed by atoms with van der Waals surface area (Å²) >= 11 is 8.08. The van der Waals surface area contributed by atoms with Crippen molar-refractivity contribution in [3.05, 3.63) is 79.8 Å². The van der Waals surface area contributed by atoms with Crippen LogP contribution in [-0.2, 0) is 6.61 Å². The number of rotatable bonds is 7. The molecule has 0 aliphatic carbocycles. The molecule has 1 amide bonds. The van der Waals surface area contributed by atoms with Gasteiger partial charge in [-0.1, -0.05) is 23.7 Å². The Kier molecular flexibility index (Phi) is 7.16. The first kappa shape index (κ1) is 21.2. The van der Waals surface area contributed by atoms with Gasteiger partial charge < -0.3 is 13.9 Å². The van der Waals surface area contributed by atoms with Crippen molar-refractivity contribution in [3.63, 3.8) is 0 Å². The summed E-state index contributed by atoms with van der Waals surface area (Å²) in [6.07, 6.45) is 1.53. The van der Waals surface area contributed by atoms with Crippen LogP contribution in [0.2, 0.25) is 5.02 Å². The van der Waals surface area contributed by atoms with Gasteiger partial charge in [-0.25, -0.2) is 5.43 Å². The number of ether oxygens (including phenoxy) is 2. The molecule has 0 saturated carbocycles. The minimum Gasteiger partial charge on any atom is -0.493 e. The van der Waals surface area contributed by atoms with E-state index in [0.29, 0.717) is 28.9 Å². The Morgan fingerprint density at radius 1 is 1.24 bits per heavy atom. The zero-order chi connectivity index (χ0) is 20.8. The normalized spacial score (nSPS) is 10.9. The third kappa shape index (κ3) is 5.74. The predicted octanol–water partition coefficient (Wildman–Crippen LogP) is 5.20. The number of hydrogen-bond acceptors (Lipinski definition) is 5. The fraction of sp³-hybridized carbons (Fsp3) is 0.143. The van der Waals surface area contributed by atoms with Gasteiger partial charge in [0.15, 0.2) is 17.3 Å². The number of aryl methyl sites for hydroxylation is 1. The van der Waals surface area contributed by atoms with Crippen LogP contribution < -0.4 is 14.9 Å². The molecule has 8 heteroatoms. The number of halogens is 2. The summed E-state index contributed by atoms with van der Waals surface area (Å²) in [4.78, 5) is 12.0. The Hall–Kier alpha value is -2.52. The Morgan fingerprint density at radius 3 is 2.66 bits per heavy atom. The third-order valence-corrected chi connectivity index (χ3v) is 4.95. The number of furan rings is 1. The zero-order valence-corrected chi connectivity index (χ0v) is 18.7. The van der Waals surface area contributed by atoms with E-state index in [9.17, 15) is 4.79 Å². The van der Waals surface area contributed by atoms with Crippen LogP contribution in [0.5, 0.6) is 11.5 Å². The minimum atomic E-state index is -0.418. The summed E-state index contributed by atoms with van der Waals surface area (Å²) in [6.45, 7) is 2.15. The summed E-state index contributed by atoms with van der Waals surface area (Å²) in [5.74, 6) is 1.65. The van der Waals surface area contributed by atoms with E-state index in [1.54, 1.807) is 32.2 Å². The Morgan fingerprint density at radius 2 is 2.00 bits per heavy atom. The Balaban J connectivity index is 1.68. The molecular formula is C21H18ClIN2O4. The average Bonchev–Trinajstić information content (AvgIpc) is 3.14. The second-order valence-corrected chi connectivity index (χ2v) is 7.66. The first-order chi connectivity index (χ1) is 14.0. The number of carbonyl (C=O) groups excluding carboxylic acids is 1. The lowest BCUT2D eigenvalue weighted by Crippen LogP contribution is -2.16. The van der Waals surface area contributed by atoms with E-state index in [1.165, 1.54) is 6.21 Å². The quantitative estimate of drug-likeness (QED) is 0.262. The van der Waals surface area contributed by atoms with Crippen molar-refractivity contribution < 1.29 is 18.7 Å². The smallest absolute Gasteiger partial charge is 0.307 e. The van der Waals surface area contributed by atoms with Crippen LogP contribution in [0.4, 0.5) is 0 Å². The first-order valence-electron chi connectivity index (χ1n) is 8.61. The maximum absolute atomic E-state index is 12.0. The van der Waals surface area contributed by atoms with Crippen LogP contribution >= 0.6 is 34.2 Å². The lowest BCUT2D eigenvalue weighted by molar-refractivity contribution is 0.0926. The maximum Gasteiger partial charge on any atom is 0.307 e. The molecule has 29 heavy (non-hydrogen) atoms. The van der Waals surface area contributed by atoms with Crippen molar-refractivity contribution >= 4 is 46.3 Å². The molecule has 0 saturated heterocycles. The van der Waals surface area contributed by atoms with Crippen LogP contribution in [0.3, 0.4) is 0 Å². The third-order valence-electron chi connectivity index (χ3n) is 3.89. The number of hydrogen-bond donors (Lipinski definition) is 1.